The number of nitrogens with one attached hydrogen (secondary N) is 1. The Balaban J connectivity index is 1.25. The molecule has 2 aromatic carbocycles. The maximum absolute atomic E-state index is 11.1. The molecule has 3 heterocycles. The zero-order chi connectivity index (χ0) is 28.2. The number of nitro benzene ring substituents is 2. The van der Waals surface area contributed by atoms with E-state index < -0.39 is 9.85 Å². The van der Waals surface area contributed by atoms with Gasteiger partial charge in [-0.2, -0.15) is 14.9 Å². The second-order valence-electron chi connectivity index (χ2n) is 7.86. The number of aromatic nitrogens is 3. The largest absolute Gasteiger partial charge is 0.455 e. The Hall–Kier alpha value is -5.34. The topological polar surface area (TPSA) is 180 Å². The van der Waals surface area contributed by atoms with Gasteiger partial charge in [0.25, 0.3) is 17.3 Å². The first kappa shape index (κ1) is 26.3. The molecule has 0 saturated heterocycles. The highest BCUT2D eigenvalue weighted by Gasteiger charge is 2.16. The summed E-state index contributed by atoms with van der Waals surface area (Å²) in [5, 5.41) is 38.3. The molecule has 0 radical (unpaired) electrons. The van der Waals surface area contributed by atoms with Crippen LogP contribution in [0.4, 0.5) is 17.3 Å². The Morgan fingerprint density at radius 3 is 1.93 bits per heavy atom. The molecule has 5 rings (SSSR count). The standard InChI is InChI=1S/C24H14Cl2N8O6/c25-18-5-1-14(9-20(18)33(35)36)22-7-3-16(39-22)11-27-30-24-31-28-13-32(24)29-12-17-4-8-23(40-17)15-2-6-19(26)21(10-15)34(37)38/h1-13H,(H,30,31)/b27-11+,29-12-. The number of hydrogen-bond donors (Lipinski definition) is 1. The number of halogens is 2. The molecule has 0 spiro atoms. The average Bonchev–Trinajstić information content (AvgIpc) is 3.69. The van der Waals surface area contributed by atoms with Gasteiger partial charge in [0, 0.05) is 23.3 Å². The van der Waals surface area contributed by atoms with Crippen LogP contribution in [0, 0.1) is 20.2 Å². The van der Waals surface area contributed by atoms with Crippen LogP contribution in [-0.2, 0) is 0 Å². The van der Waals surface area contributed by atoms with Crippen molar-refractivity contribution < 1.29 is 18.7 Å². The zero-order valence-corrected chi connectivity index (χ0v) is 21.4. The first-order valence-corrected chi connectivity index (χ1v) is 11.9. The summed E-state index contributed by atoms with van der Waals surface area (Å²) in [6.45, 7) is 0. The average molecular weight is 581 g/mol. The molecular formula is C24H14Cl2N8O6. The number of nitro groups is 2. The van der Waals surface area contributed by atoms with Crippen LogP contribution in [0.1, 0.15) is 11.5 Å². The number of anilines is 1. The molecule has 5 aromatic rings. The van der Waals surface area contributed by atoms with Gasteiger partial charge in [0.2, 0.25) is 0 Å². The molecule has 14 nitrogen and oxygen atoms in total. The summed E-state index contributed by atoms with van der Waals surface area (Å²) in [4.78, 5) is 21.1. The molecule has 0 amide bonds. The fourth-order valence-electron chi connectivity index (χ4n) is 3.43. The number of rotatable bonds is 9. The molecule has 200 valence electrons. The number of benzene rings is 2. The fourth-order valence-corrected chi connectivity index (χ4v) is 3.80. The third-order valence-electron chi connectivity index (χ3n) is 5.30. The van der Waals surface area contributed by atoms with Crippen molar-refractivity contribution in [2.75, 3.05) is 5.43 Å². The van der Waals surface area contributed by atoms with Crippen molar-refractivity contribution in [1.82, 2.24) is 14.9 Å². The van der Waals surface area contributed by atoms with Crippen LogP contribution in [0.25, 0.3) is 22.6 Å². The smallest absolute Gasteiger partial charge is 0.288 e. The number of hydrogen-bond acceptors (Lipinski definition) is 11. The molecule has 0 atom stereocenters. The van der Waals surface area contributed by atoms with Crippen molar-refractivity contribution >= 4 is 53.0 Å². The lowest BCUT2D eigenvalue weighted by molar-refractivity contribution is -0.384. The van der Waals surface area contributed by atoms with Crippen LogP contribution < -0.4 is 5.43 Å². The molecule has 0 saturated carbocycles. The van der Waals surface area contributed by atoms with Crippen molar-refractivity contribution in [3.05, 3.63) is 109 Å². The van der Waals surface area contributed by atoms with Crippen molar-refractivity contribution in [2.45, 2.75) is 0 Å². The van der Waals surface area contributed by atoms with Gasteiger partial charge in [0.15, 0.2) is 0 Å². The molecule has 0 aliphatic carbocycles. The van der Waals surface area contributed by atoms with Crippen LogP contribution in [0.3, 0.4) is 0 Å². The SMILES string of the molecule is O=[N+]([O-])c1cc(-c2ccc(/C=N\n3cnnc3N/N=C/c3ccc(-c4ccc(Cl)c([N+](=O)[O-])c4)o3)o2)ccc1Cl. The van der Waals surface area contributed by atoms with Gasteiger partial charge in [-0.3, -0.25) is 20.2 Å². The van der Waals surface area contributed by atoms with E-state index in [1.807, 2.05) is 0 Å². The molecule has 0 aliphatic heterocycles. The monoisotopic (exact) mass is 580 g/mol. The molecule has 0 fully saturated rings. The van der Waals surface area contributed by atoms with Crippen LogP contribution in [0.15, 0.2) is 86.0 Å². The summed E-state index contributed by atoms with van der Waals surface area (Å²) in [6, 6.07) is 15.3. The zero-order valence-electron chi connectivity index (χ0n) is 19.8. The van der Waals surface area contributed by atoms with E-state index in [9.17, 15) is 20.2 Å². The number of nitrogens with zero attached hydrogens (tertiary/aromatic N) is 7. The van der Waals surface area contributed by atoms with Crippen molar-refractivity contribution in [3.8, 4) is 22.6 Å². The van der Waals surface area contributed by atoms with Gasteiger partial charge >= 0.3 is 0 Å². The summed E-state index contributed by atoms with van der Waals surface area (Å²) in [5.74, 6) is 1.67. The van der Waals surface area contributed by atoms with Crippen molar-refractivity contribution in [2.24, 2.45) is 10.2 Å². The first-order valence-electron chi connectivity index (χ1n) is 11.1. The minimum Gasteiger partial charge on any atom is -0.455 e. The van der Waals surface area contributed by atoms with Gasteiger partial charge < -0.3 is 8.83 Å². The minimum atomic E-state index is -0.571. The first-order chi connectivity index (χ1) is 19.3. The molecule has 16 heteroatoms. The van der Waals surface area contributed by atoms with E-state index in [1.54, 1.807) is 36.4 Å². The molecule has 0 unspecified atom stereocenters. The highest BCUT2D eigenvalue weighted by molar-refractivity contribution is 6.33. The maximum Gasteiger partial charge on any atom is 0.288 e. The van der Waals surface area contributed by atoms with E-state index in [0.29, 0.717) is 34.2 Å². The van der Waals surface area contributed by atoms with E-state index in [2.05, 4.69) is 25.8 Å². The number of furan rings is 2. The third-order valence-corrected chi connectivity index (χ3v) is 5.94. The lowest BCUT2D eigenvalue weighted by Crippen LogP contribution is -1.98. The van der Waals surface area contributed by atoms with E-state index in [1.165, 1.54) is 47.7 Å². The van der Waals surface area contributed by atoms with Gasteiger partial charge in [-0.1, -0.05) is 23.2 Å². The lowest BCUT2D eigenvalue weighted by atomic mass is 10.1. The van der Waals surface area contributed by atoms with Gasteiger partial charge in [0.05, 0.1) is 22.3 Å². The van der Waals surface area contributed by atoms with Crippen molar-refractivity contribution in [3.63, 3.8) is 0 Å². The predicted molar refractivity (Wildman–Crippen MR) is 146 cm³/mol. The van der Waals surface area contributed by atoms with Crippen LogP contribution in [0.2, 0.25) is 10.0 Å². The summed E-state index contributed by atoms with van der Waals surface area (Å²) in [7, 11) is 0. The number of hydrazone groups is 1. The van der Waals surface area contributed by atoms with E-state index in [4.69, 9.17) is 32.0 Å². The Morgan fingerprint density at radius 1 is 0.825 bits per heavy atom. The highest BCUT2D eigenvalue weighted by Crippen LogP contribution is 2.32. The van der Waals surface area contributed by atoms with Gasteiger partial charge in [-0.15, -0.1) is 10.2 Å². The van der Waals surface area contributed by atoms with Gasteiger partial charge in [0.1, 0.15) is 39.4 Å². The fraction of sp³-hybridized carbons (Fsp3) is 0. The molecule has 3 aromatic heterocycles. The molecule has 1 N–H and O–H groups in total. The third kappa shape index (κ3) is 5.72. The van der Waals surface area contributed by atoms with Crippen molar-refractivity contribution in [1.29, 1.82) is 0 Å². The Bertz CT molecular complexity index is 1790. The molecule has 0 aliphatic rings. The van der Waals surface area contributed by atoms with E-state index >= 15 is 0 Å². The Morgan fingerprint density at radius 2 is 1.38 bits per heavy atom. The van der Waals surface area contributed by atoms with Gasteiger partial charge in [-0.05, 0) is 48.5 Å². The van der Waals surface area contributed by atoms with E-state index in [-0.39, 0.29) is 27.4 Å². The molecular weight excluding hydrogens is 567 g/mol. The Labute approximate surface area is 233 Å². The predicted octanol–water partition coefficient (Wildman–Crippen LogP) is 6.25. The Kier molecular flexibility index (Phi) is 7.35. The second-order valence-corrected chi connectivity index (χ2v) is 8.68. The minimum absolute atomic E-state index is 0.0257. The summed E-state index contributed by atoms with van der Waals surface area (Å²) in [6.07, 6.45) is 4.11. The summed E-state index contributed by atoms with van der Waals surface area (Å²) < 4.78 is 12.7. The van der Waals surface area contributed by atoms with Crippen LogP contribution in [-0.4, -0.2) is 37.1 Å². The summed E-state index contributed by atoms with van der Waals surface area (Å²) >= 11 is 11.7. The maximum atomic E-state index is 11.1. The molecule has 40 heavy (non-hydrogen) atoms. The molecule has 0 bridgehead atoms. The highest BCUT2D eigenvalue weighted by atomic mass is 35.5. The van der Waals surface area contributed by atoms with E-state index in [0.717, 1.165) is 0 Å². The quantitative estimate of drug-likeness (QED) is 0.120. The van der Waals surface area contributed by atoms with Crippen LogP contribution >= 0.6 is 23.2 Å². The second kappa shape index (κ2) is 11.2. The van der Waals surface area contributed by atoms with Gasteiger partial charge in [-0.25, -0.2) is 5.43 Å². The lowest BCUT2D eigenvalue weighted by Gasteiger charge is -2.00. The van der Waals surface area contributed by atoms with Crippen LogP contribution in [0.5, 0.6) is 0 Å². The summed E-state index contributed by atoms with van der Waals surface area (Å²) in [5.41, 5.74) is 3.18. The normalized spacial score (nSPS) is 11.4.